The second kappa shape index (κ2) is 4.30. The highest BCUT2D eigenvalue weighted by atomic mass is 79.9. The molecule has 3 nitrogen and oxygen atoms in total. The van der Waals surface area contributed by atoms with E-state index in [1.165, 1.54) is 0 Å². The zero-order valence-corrected chi connectivity index (χ0v) is 8.47. The molecule has 0 bridgehead atoms. The first-order valence-corrected chi connectivity index (χ1v) is 4.57. The van der Waals surface area contributed by atoms with Crippen LogP contribution in [0, 0.1) is 0 Å². The van der Waals surface area contributed by atoms with E-state index in [1.54, 1.807) is 12.3 Å². The molecule has 0 amide bonds. The van der Waals surface area contributed by atoms with Gasteiger partial charge in [0.15, 0.2) is 0 Å². The maximum Gasteiger partial charge on any atom is 0.237 e. The molecule has 12 heavy (non-hydrogen) atoms. The van der Waals surface area contributed by atoms with Gasteiger partial charge in [0.2, 0.25) is 5.88 Å². The van der Waals surface area contributed by atoms with Crippen molar-refractivity contribution < 1.29 is 4.74 Å². The van der Waals surface area contributed by atoms with Crippen molar-refractivity contribution in [3.05, 3.63) is 16.7 Å². The molecule has 0 saturated heterocycles. The third-order valence-electron chi connectivity index (χ3n) is 1.29. The molecule has 0 fully saturated rings. The lowest BCUT2D eigenvalue weighted by Crippen LogP contribution is -2.00. The number of ether oxygens (including phenoxy) is 1. The lowest BCUT2D eigenvalue weighted by molar-refractivity contribution is 0.307. The van der Waals surface area contributed by atoms with Gasteiger partial charge in [-0.2, -0.15) is 0 Å². The first-order chi connectivity index (χ1) is 5.74. The lowest BCUT2D eigenvalue weighted by atomic mass is 10.4. The van der Waals surface area contributed by atoms with Crippen molar-refractivity contribution in [3.8, 4) is 5.88 Å². The number of aromatic nitrogens is 1. The molecule has 0 aliphatic rings. The summed E-state index contributed by atoms with van der Waals surface area (Å²) in [7, 11) is 0. The van der Waals surface area contributed by atoms with Crippen molar-refractivity contribution in [1.29, 1.82) is 0 Å². The topological polar surface area (TPSA) is 48.1 Å². The van der Waals surface area contributed by atoms with Gasteiger partial charge in [0, 0.05) is 10.7 Å². The molecular weight excluding hydrogens is 220 g/mol. The second-order valence-corrected chi connectivity index (χ2v) is 3.31. The number of halogens is 1. The molecule has 0 atom stereocenters. The minimum absolute atomic E-state index is 0.514. The number of nitrogen functional groups attached to an aromatic ring is 1. The second-order valence-electron chi connectivity index (χ2n) is 2.40. The average Bonchev–Trinajstić information content (AvgIpc) is 2.03. The van der Waals surface area contributed by atoms with Crippen molar-refractivity contribution in [1.82, 2.24) is 4.98 Å². The molecule has 0 spiro atoms. The van der Waals surface area contributed by atoms with Crippen LogP contribution < -0.4 is 10.5 Å². The SMILES string of the molecule is CCCOc1ncc(Br)cc1N. The molecule has 1 aromatic rings. The van der Waals surface area contributed by atoms with Gasteiger partial charge in [0.1, 0.15) is 0 Å². The maximum atomic E-state index is 5.64. The molecule has 1 aromatic heterocycles. The normalized spacial score (nSPS) is 9.83. The van der Waals surface area contributed by atoms with Gasteiger partial charge in [-0.3, -0.25) is 0 Å². The molecule has 66 valence electrons. The van der Waals surface area contributed by atoms with Crippen molar-refractivity contribution in [2.75, 3.05) is 12.3 Å². The molecule has 1 heterocycles. The van der Waals surface area contributed by atoms with E-state index in [4.69, 9.17) is 10.5 Å². The summed E-state index contributed by atoms with van der Waals surface area (Å²) in [6, 6.07) is 1.78. The van der Waals surface area contributed by atoms with Gasteiger partial charge < -0.3 is 10.5 Å². The fourth-order valence-corrected chi connectivity index (χ4v) is 1.11. The summed E-state index contributed by atoms with van der Waals surface area (Å²) in [5, 5.41) is 0. The van der Waals surface area contributed by atoms with E-state index in [9.17, 15) is 0 Å². The van der Waals surface area contributed by atoms with Crippen LogP contribution in [-0.4, -0.2) is 11.6 Å². The van der Waals surface area contributed by atoms with E-state index < -0.39 is 0 Å². The number of rotatable bonds is 3. The van der Waals surface area contributed by atoms with Gasteiger partial charge in [-0.1, -0.05) is 6.92 Å². The van der Waals surface area contributed by atoms with E-state index in [1.807, 2.05) is 6.92 Å². The summed E-state index contributed by atoms with van der Waals surface area (Å²) in [5.41, 5.74) is 6.21. The predicted octanol–water partition coefficient (Wildman–Crippen LogP) is 2.22. The highest BCUT2D eigenvalue weighted by Crippen LogP contribution is 2.21. The third-order valence-corrected chi connectivity index (χ3v) is 1.72. The summed E-state index contributed by atoms with van der Waals surface area (Å²) in [6.07, 6.45) is 2.62. The molecule has 0 radical (unpaired) electrons. The summed E-state index contributed by atoms with van der Waals surface area (Å²) in [5.74, 6) is 0.514. The monoisotopic (exact) mass is 230 g/mol. The van der Waals surface area contributed by atoms with Gasteiger partial charge >= 0.3 is 0 Å². The van der Waals surface area contributed by atoms with E-state index in [0.29, 0.717) is 18.2 Å². The number of pyridine rings is 1. The molecule has 0 saturated carbocycles. The van der Waals surface area contributed by atoms with Crippen LogP contribution in [0.2, 0.25) is 0 Å². The first-order valence-electron chi connectivity index (χ1n) is 3.78. The van der Waals surface area contributed by atoms with Crippen molar-refractivity contribution in [3.63, 3.8) is 0 Å². The maximum absolute atomic E-state index is 5.64. The Kier molecular flexibility index (Phi) is 3.34. The minimum atomic E-state index is 0.514. The van der Waals surface area contributed by atoms with Crippen LogP contribution in [0.25, 0.3) is 0 Å². The Morgan fingerprint density at radius 3 is 3.00 bits per heavy atom. The fourth-order valence-electron chi connectivity index (χ4n) is 0.762. The molecule has 2 N–H and O–H groups in total. The van der Waals surface area contributed by atoms with Gasteiger partial charge in [0.25, 0.3) is 0 Å². The minimum Gasteiger partial charge on any atom is -0.476 e. The molecule has 0 unspecified atom stereocenters. The quantitative estimate of drug-likeness (QED) is 0.867. The third kappa shape index (κ3) is 2.37. The Morgan fingerprint density at radius 2 is 2.42 bits per heavy atom. The Morgan fingerprint density at radius 1 is 1.67 bits per heavy atom. The van der Waals surface area contributed by atoms with E-state index in [-0.39, 0.29) is 0 Å². The van der Waals surface area contributed by atoms with Crippen LogP contribution in [0.5, 0.6) is 5.88 Å². The largest absolute Gasteiger partial charge is 0.476 e. The van der Waals surface area contributed by atoms with E-state index in [0.717, 1.165) is 10.9 Å². The zero-order valence-electron chi connectivity index (χ0n) is 6.88. The summed E-state index contributed by atoms with van der Waals surface area (Å²) in [4.78, 5) is 4.02. The Labute approximate surface area is 80.1 Å². The Hall–Kier alpha value is -0.770. The zero-order chi connectivity index (χ0) is 8.97. The van der Waals surface area contributed by atoms with Gasteiger partial charge in [-0.05, 0) is 28.4 Å². The standard InChI is InChI=1S/C8H11BrN2O/c1-2-3-12-8-7(10)4-6(9)5-11-8/h4-5H,2-3,10H2,1H3. The van der Waals surface area contributed by atoms with Crippen LogP contribution in [0.3, 0.4) is 0 Å². The number of nitrogens with two attached hydrogens (primary N) is 1. The summed E-state index contributed by atoms with van der Waals surface area (Å²) >= 11 is 3.27. The van der Waals surface area contributed by atoms with Gasteiger partial charge in [0.05, 0.1) is 12.3 Å². The number of hydrogen-bond donors (Lipinski definition) is 1. The van der Waals surface area contributed by atoms with E-state index >= 15 is 0 Å². The molecule has 0 aromatic carbocycles. The lowest BCUT2D eigenvalue weighted by Gasteiger charge is -2.05. The smallest absolute Gasteiger partial charge is 0.237 e. The number of nitrogens with zero attached hydrogens (tertiary/aromatic N) is 1. The highest BCUT2D eigenvalue weighted by molar-refractivity contribution is 9.10. The van der Waals surface area contributed by atoms with Crippen LogP contribution in [0.15, 0.2) is 16.7 Å². The van der Waals surface area contributed by atoms with Crippen LogP contribution in [0.1, 0.15) is 13.3 Å². The molecule has 0 aliphatic carbocycles. The molecular formula is C8H11BrN2O. The van der Waals surface area contributed by atoms with Crippen LogP contribution >= 0.6 is 15.9 Å². The number of anilines is 1. The van der Waals surface area contributed by atoms with E-state index in [2.05, 4.69) is 20.9 Å². The predicted molar refractivity (Wildman–Crippen MR) is 52.1 cm³/mol. The summed E-state index contributed by atoms with van der Waals surface area (Å²) < 4.78 is 6.15. The van der Waals surface area contributed by atoms with Crippen LogP contribution in [-0.2, 0) is 0 Å². The first kappa shape index (κ1) is 9.32. The van der Waals surface area contributed by atoms with Crippen molar-refractivity contribution >= 4 is 21.6 Å². The average molecular weight is 231 g/mol. The Balaban J connectivity index is 2.72. The van der Waals surface area contributed by atoms with Gasteiger partial charge in [-0.25, -0.2) is 4.98 Å². The van der Waals surface area contributed by atoms with Crippen LogP contribution in [0.4, 0.5) is 5.69 Å². The number of hydrogen-bond acceptors (Lipinski definition) is 3. The van der Waals surface area contributed by atoms with Gasteiger partial charge in [-0.15, -0.1) is 0 Å². The summed E-state index contributed by atoms with van der Waals surface area (Å²) in [6.45, 7) is 2.69. The highest BCUT2D eigenvalue weighted by Gasteiger charge is 2.00. The Bertz CT molecular complexity index is 265. The molecule has 1 rings (SSSR count). The van der Waals surface area contributed by atoms with Crippen molar-refractivity contribution in [2.45, 2.75) is 13.3 Å². The fraction of sp³-hybridized carbons (Fsp3) is 0.375. The molecule has 4 heteroatoms. The molecule has 0 aliphatic heterocycles. The van der Waals surface area contributed by atoms with Crippen molar-refractivity contribution in [2.24, 2.45) is 0 Å².